The number of nitrogens with one attached hydrogen (secondary N) is 2. The average molecular weight is 447 g/mol. The Morgan fingerprint density at radius 3 is 2.47 bits per heavy atom. The van der Waals surface area contributed by atoms with E-state index < -0.39 is 23.6 Å². The van der Waals surface area contributed by atoms with Crippen LogP contribution in [0.1, 0.15) is 43.9 Å². The van der Waals surface area contributed by atoms with Gasteiger partial charge in [-0.1, -0.05) is 25.1 Å². The van der Waals surface area contributed by atoms with Crippen molar-refractivity contribution in [1.82, 2.24) is 5.32 Å². The zero-order valence-corrected chi connectivity index (χ0v) is 17.7. The molecule has 3 amide bonds. The Labute approximate surface area is 183 Å². The maximum absolute atomic E-state index is 13.0. The molecule has 1 aliphatic heterocycles. The van der Waals surface area contributed by atoms with Crippen LogP contribution >= 0.6 is 0 Å². The van der Waals surface area contributed by atoms with E-state index in [1.54, 1.807) is 38.1 Å². The number of rotatable bonds is 6. The topological polar surface area (TPSA) is 78.5 Å². The number of benzene rings is 2. The Kier molecular flexibility index (Phi) is 6.86. The van der Waals surface area contributed by atoms with Crippen molar-refractivity contribution in [3.05, 3.63) is 59.7 Å². The summed E-state index contributed by atoms with van der Waals surface area (Å²) in [6.45, 7) is 3.56. The summed E-state index contributed by atoms with van der Waals surface area (Å²) in [5.41, 5.74) is 0.741. The predicted molar refractivity (Wildman–Crippen MR) is 114 cm³/mol. The normalized spacial score (nSPS) is 17.2. The van der Waals surface area contributed by atoms with Crippen molar-refractivity contribution in [3.63, 3.8) is 0 Å². The molecule has 9 heteroatoms. The van der Waals surface area contributed by atoms with Crippen LogP contribution in [0.5, 0.6) is 0 Å². The van der Waals surface area contributed by atoms with E-state index in [4.69, 9.17) is 0 Å². The molecule has 2 atom stereocenters. The highest BCUT2D eigenvalue weighted by Gasteiger charge is 2.37. The number of hydrogen-bond acceptors (Lipinski definition) is 3. The van der Waals surface area contributed by atoms with E-state index in [1.807, 2.05) is 0 Å². The number of halogens is 3. The Balaban J connectivity index is 1.63. The molecule has 0 saturated carbocycles. The van der Waals surface area contributed by atoms with Gasteiger partial charge in [-0.3, -0.25) is 14.4 Å². The molecule has 2 unspecified atom stereocenters. The number of alkyl halides is 3. The maximum Gasteiger partial charge on any atom is 0.416 e. The minimum absolute atomic E-state index is 0.0146. The standard InChI is InChI=1S/C23H24F3N3O3/c1-3-20(30)28-18-9-7-15(8-10-18)14(2)27-22(32)16-11-21(31)29(13-16)19-6-4-5-17(12-19)23(24,25)26/h4-10,12,14,16H,3,11,13H2,1-2H3,(H,27,32)(H,28,30). The molecule has 1 heterocycles. The van der Waals surface area contributed by atoms with Gasteiger partial charge in [0.05, 0.1) is 17.5 Å². The van der Waals surface area contributed by atoms with Gasteiger partial charge in [0.15, 0.2) is 0 Å². The van der Waals surface area contributed by atoms with Crippen LogP contribution in [0.2, 0.25) is 0 Å². The van der Waals surface area contributed by atoms with E-state index in [0.717, 1.165) is 17.7 Å². The highest BCUT2D eigenvalue weighted by Crippen LogP contribution is 2.33. The Morgan fingerprint density at radius 2 is 1.84 bits per heavy atom. The molecule has 2 N–H and O–H groups in total. The van der Waals surface area contributed by atoms with E-state index in [2.05, 4.69) is 10.6 Å². The molecule has 1 fully saturated rings. The quantitative estimate of drug-likeness (QED) is 0.694. The van der Waals surface area contributed by atoms with Crippen LogP contribution in [0.4, 0.5) is 24.5 Å². The summed E-state index contributed by atoms with van der Waals surface area (Å²) in [4.78, 5) is 37.8. The first-order valence-electron chi connectivity index (χ1n) is 10.3. The van der Waals surface area contributed by atoms with Crippen molar-refractivity contribution in [2.75, 3.05) is 16.8 Å². The van der Waals surface area contributed by atoms with Crippen molar-refractivity contribution < 1.29 is 27.6 Å². The van der Waals surface area contributed by atoms with Gasteiger partial charge in [-0.25, -0.2) is 0 Å². The van der Waals surface area contributed by atoms with Gasteiger partial charge in [-0.05, 0) is 42.8 Å². The van der Waals surface area contributed by atoms with Gasteiger partial charge < -0.3 is 15.5 Å². The molecule has 1 saturated heterocycles. The van der Waals surface area contributed by atoms with Crippen LogP contribution in [0.25, 0.3) is 0 Å². The lowest BCUT2D eigenvalue weighted by molar-refractivity contribution is -0.137. The second-order valence-corrected chi connectivity index (χ2v) is 7.71. The molecular weight excluding hydrogens is 423 g/mol. The third-order valence-corrected chi connectivity index (χ3v) is 5.36. The maximum atomic E-state index is 13.0. The van der Waals surface area contributed by atoms with Crippen LogP contribution in [0.15, 0.2) is 48.5 Å². The van der Waals surface area contributed by atoms with Gasteiger partial charge in [0.1, 0.15) is 0 Å². The van der Waals surface area contributed by atoms with E-state index in [-0.39, 0.29) is 36.5 Å². The molecule has 32 heavy (non-hydrogen) atoms. The third kappa shape index (κ3) is 5.46. The van der Waals surface area contributed by atoms with E-state index >= 15 is 0 Å². The molecule has 2 aromatic carbocycles. The van der Waals surface area contributed by atoms with Gasteiger partial charge >= 0.3 is 6.18 Å². The highest BCUT2D eigenvalue weighted by atomic mass is 19.4. The summed E-state index contributed by atoms with van der Waals surface area (Å²) in [5.74, 6) is -1.50. The minimum Gasteiger partial charge on any atom is -0.349 e. The molecule has 2 aromatic rings. The third-order valence-electron chi connectivity index (χ3n) is 5.36. The molecule has 0 aromatic heterocycles. The molecule has 0 radical (unpaired) electrons. The van der Waals surface area contributed by atoms with Crippen molar-refractivity contribution >= 4 is 29.1 Å². The second kappa shape index (κ2) is 9.42. The summed E-state index contributed by atoms with van der Waals surface area (Å²) in [6.07, 6.45) is -4.22. The smallest absolute Gasteiger partial charge is 0.349 e. The molecule has 1 aliphatic rings. The van der Waals surface area contributed by atoms with Crippen LogP contribution in [-0.4, -0.2) is 24.3 Å². The summed E-state index contributed by atoms with van der Waals surface area (Å²) >= 11 is 0. The van der Waals surface area contributed by atoms with Crippen molar-refractivity contribution in [1.29, 1.82) is 0 Å². The molecule has 0 bridgehead atoms. The zero-order chi connectivity index (χ0) is 23.5. The Hall–Kier alpha value is -3.36. The lowest BCUT2D eigenvalue weighted by Gasteiger charge is -2.20. The van der Waals surface area contributed by atoms with Gasteiger partial charge in [-0.15, -0.1) is 0 Å². The Morgan fingerprint density at radius 1 is 1.16 bits per heavy atom. The summed E-state index contributed by atoms with van der Waals surface area (Å²) in [7, 11) is 0. The number of hydrogen-bond donors (Lipinski definition) is 2. The molecule has 170 valence electrons. The number of carbonyl (C=O) groups excluding carboxylic acids is 3. The summed E-state index contributed by atoms with van der Waals surface area (Å²) in [6, 6.07) is 11.2. The first-order valence-corrected chi connectivity index (χ1v) is 10.3. The fourth-order valence-electron chi connectivity index (χ4n) is 3.50. The van der Waals surface area contributed by atoms with Crippen LogP contribution in [0.3, 0.4) is 0 Å². The number of carbonyl (C=O) groups is 3. The van der Waals surface area contributed by atoms with E-state index in [0.29, 0.717) is 12.1 Å². The highest BCUT2D eigenvalue weighted by molar-refractivity contribution is 6.00. The van der Waals surface area contributed by atoms with Crippen LogP contribution < -0.4 is 15.5 Å². The average Bonchev–Trinajstić information content (AvgIpc) is 3.15. The molecular formula is C23H24F3N3O3. The number of amides is 3. The van der Waals surface area contributed by atoms with E-state index in [9.17, 15) is 27.6 Å². The minimum atomic E-state index is -4.51. The van der Waals surface area contributed by atoms with Crippen molar-refractivity contribution in [2.24, 2.45) is 5.92 Å². The molecule has 3 rings (SSSR count). The first kappa shape index (κ1) is 23.3. The van der Waals surface area contributed by atoms with Gasteiger partial charge in [0.25, 0.3) is 0 Å². The van der Waals surface area contributed by atoms with Crippen molar-refractivity contribution in [2.45, 2.75) is 38.9 Å². The Bertz CT molecular complexity index is 1010. The largest absolute Gasteiger partial charge is 0.416 e. The van der Waals surface area contributed by atoms with Gasteiger partial charge in [0, 0.05) is 30.8 Å². The number of anilines is 2. The first-order chi connectivity index (χ1) is 15.1. The number of nitrogens with zero attached hydrogens (tertiary/aromatic N) is 1. The predicted octanol–water partition coefficient (Wildman–Crippen LogP) is 4.28. The van der Waals surface area contributed by atoms with Gasteiger partial charge in [-0.2, -0.15) is 13.2 Å². The molecule has 6 nitrogen and oxygen atoms in total. The molecule has 0 spiro atoms. The fourth-order valence-corrected chi connectivity index (χ4v) is 3.50. The zero-order valence-electron chi connectivity index (χ0n) is 17.7. The monoisotopic (exact) mass is 447 g/mol. The summed E-state index contributed by atoms with van der Waals surface area (Å²) in [5, 5.41) is 5.59. The van der Waals surface area contributed by atoms with Crippen LogP contribution in [0, 0.1) is 5.92 Å². The van der Waals surface area contributed by atoms with Gasteiger partial charge in [0.2, 0.25) is 17.7 Å². The van der Waals surface area contributed by atoms with E-state index in [1.165, 1.54) is 17.0 Å². The summed E-state index contributed by atoms with van der Waals surface area (Å²) < 4.78 is 38.9. The van der Waals surface area contributed by atoms with Crippen LogP contribution in [-0.2, 0) is 20.6 Å². The lowest BCUT2D eigenvalue weighted by atomic mass is 10.0. The fraction of sp³-hybridized carbons (Fsp3) is 0.348. The molecule has 0 aliphatic carbocycles. The second-order valence-electron chi connectivity index (χ2n) is 7.71. The lowest BCUT2D eigenvalue weighted by Crippen LogP contribution is -2.34. The SMILES string of the molecule is CCC(=O)Nc1ccc(C(C)NC(=O)C2CC(=O)N(c3cccc(C(F)(F)F)c3)C2)cc1. The van der Waals surface area contributed by atoms with Crippen molar-refractivity contribution in [3.8, 4) is 0 Å².